The zero-order valence-electron chi connectivity index (χ0n) is 5.95. The molecule has 2 aromatic rings. The number of carbonyl (C=O) groups excluding carboxylic acids is 1. The fourth-order valence-corrected chi connectivity index (χ4v) is 2.05. The van der Waals surface area contributed by atoms with Gasteiger partial charge in [-0.3, -0.25) is 4.79 Å². The lowest BCUT2D eigenvalue weighted by Crippen LogP contribution is -1.72. The topological polar surface area (TPSA) is 30.0 Å². The SMILES string of the molecule is O=Cc1nc2cccc(Cl)c2s1. The second-order valence-corrected chi connectivity index (χ2v) is 3.70. The first-order chi connectivity index (χ1) is 5.81. The van der Waals surface area contributed by atoms with Crippen LogP contribution >= 0.6 is 22.9 Å². The van der Waals surface area contributed by atoms with Crippen molar-refractivity contribution in [3.05, 3.63) is 28.2 Å². The molecule has 0 N–H and O–H groups in total. The molecule has 0 fully saturated rings. The van der Waals surface area contributed by atoms with Gasteiger partial charge in [0.15, 0.2) is 11.3 Å². The van der Waals surface area contributed by atoms with Gasteiger partial charge in [-0.05, 0) is 12.1 Å². The first-order valence-corrected chi connectivity index (χ1v) is 4.51. The number of thiazole rings is 1. The molecule has 0 spiro atoms. The maximum atomic E-state index is 10.4. The van der Waals surface area contributed by atoms with Crippen LogP contribution in [0.3, 0.4) is 0 Å². The van der Waals surface area contributed by atoms with Crippen LogP contribution in [0.1, 0.15) is 9.80 Å². The van der Waals surface area contributed by atoms with E-state index in [1.54, 1.807) is 6.07 Å². The van der Waals surface area contributed by atoms with Gasteiger partial charge in [0.1, 0.15) is 0 Å². The fourth-order valence-electron chi connectivity index (χ4n) is 0.983. The van der Waals surface area contributed by atoms with E-state index in [1.807, 2.05) is 12.1 Å². The maximum absolute atomic E-state index is 10.4. The average molecular weight is 198 g/mol. The highest BCUT2D eigenvalue weighted by molar-refractivity contribution is 7.20. The van der Waals surface area contributed by atoms with Crippen LogP contribution in [0.2, 0.25) is 5.02 Å². The third kappa shape index (κ3) is 1.11. The molecule has 0 radical (unpaired) electrons. The summed E-state index contributed by atoms with van der Waals surface area (Å²) in [4.78, 5) is 14.5. The molecule has 0 saturated heterocycles. The van der Waals surface area contributed by atoms with Crippen LogP contribution in [-0.4, -0.2) is 11.3 Å². The van der Waals surface area contributed by atoms with E-state index in [-0.39, 0.29) is 0 Å². The van der Waals surface area contributed by atoms with Crippen LogP contribution < -0.4 is 0 Å². The van der Waals surface area contributed by atoms with E-state index in [4.69, 9.17) is 11.6 Å². The average Bonchev–Trinajstić information content (AvgIpc) is 2.49. The lowest BCUT2D eigenvalue weighted by atomic mass is 10.3. The molecule has 12 heavy (non-hydrogen) atoms. The van der Waals surface area contributed by atoms with Crippen molar-refractivity contribution in [2.24, 2.45) is 0 Å². The smallest absolute Gasteiger partial charge is 0.178 e. The number of benzene rings is 1. The van der Waals surface area contributed by atoms with E-state index in [0.717, 1.165) is 16.5 Å². The number of fused-ring (bicyclic) bond motifs is 1. The third-order valence-electron chi connectivity index (χ3n) is 1.48. The molecule has 0 amide bonds. The Labute approximate surface area is 77.8 Å². The highest BCUT2D eigenvalue weighted by atomic mass is 35.5. The number of aromatic nitrogens is 1. The molecular weight excluding hydrogens is 194 g/mol. The van der Waals surface area contributed by atoms with Gasteiger partial charge in [-0.1, -0.05) is 17.7 Å². The molecule has 1 aromatic heterocycles. The van der Waals surface area contributed by atoms with Crippen molar-refractivity contribution >= 4 is 39.4 Å². The minimum absolute atomic E-state index is 0.470. The zero-order chi connectivity index (χ0) is 8.55. The first kappa shape index (κ1) is 7.71. The van der Waals surface area contributed by atoms with Crippen LogP contribution in [0.5, 0.6) is 0 Å². The van der Waals surface area contributed by atoms with Gasteiger partial charge in [0.2, 0.25) is 0 Å². The van der Waals surface area contributed by atoms with Gasteiger partial charge < -0.3 is 0 Å². The lowest BCUT2D eigenvalue weighted by molar-refractivity contribution is 0.112. The normalized spacial score (nSPS) is 10.4. The quantitative estimate of drug-likeness (QED) is 0.658. The van der Waals surface area contributed by atoms with Crippen LogP contribution in [0, 0.1) is 0 Å². The summed E-state index contributed by atoms with van der Waals surface area (Å²) in [7, 11) is 0. The van der Waals surface area contributed by atoms with Gasteiger partial charge >= 0.3 is 0 Å². The maximum Gasteiger partial charge on any atom is 0.178 e. The molecule has 0 atom stereocenters. The summed E-state index contributed by atoms with van der Waals surface area (Å²) >= 11 is 7.19. The Morgan fingerprint density at radius 2 is 2.33 bits per heavy atom. The largest absolute Gasteiger partial charge is 0.295 e. The molecule has 0 aliphatic heterocycles. The van der Waals surface area contributed by atoms with Gasteiger partial charge in [0.05, 0.1) is 15.2 Å². The second-order valence-electron chi connectivity index (χ2n) is 2.26. The Kier molecular flexibility index (Phi) is 1.83. The van der Waals surface area contributed by atoms with Crippen LogP contribution in [0.25, 0.3) is 10.2 Å². The number of aldehydes is 1. The van der Waals surface area contributed by atoms with Gasteiger partial charge in [0, 0.05) is 0 Å². The molecule has 0 unspecified atom stereocenters. The van der Waals surface area contributed by atoms with E-state index < -0.39 is 0 Å². The van der Waals surface area contributed by atoms with E-state index in [9.17, 15) is 4.79 Å². The molecule has 4 heteroatoms. The summed E-state index contributed by atoms with van der Waals surface area (Å²) in [5.74, 6) is 0. The molecule has 2 rings (SSSR count). The first-order valence-electron chi connectivity index (χ1n) is 3.31. The Bertz CT molecular complexity index is 438. The van der Waals surface area contributed by atoms with Gasteiger partial charge in [0.25, 0.3) is 0 Å². The van der Waals surface area contributed by atoms with Crippen molar-refractivity contribution in [3.63, 3.8) is 0 Å². The van der Waals surface area contributed by atoms with Crippen molar-refractivity contribution in [1.82, 2.24) is 4.98 Å². The summed E-state index contributed by atoms with van der Waals surface area (Å²) in [5.41, 5.74) is 0.787. The zero-order valence-corrected chi connectivity index (χ0v) is 7.52. The van der Waals surface area contributed by atoms with Gasteiger partial charge in [-0.2, -0.15) is 0 Å². The monoisotopic (exact) mass is 197 g/mol. The molecule has 1 aromatic carbocycles. The summed E-state index contributed by atoms with van der Waals surface area (Å²) < 4.78 is 0.876. The Morgan fingerprint density at radius 3 is 3.00 bits per heavy atom. The standard InChI is InChI=1S/C8H4ClNOS/c9-5-2-1-3-6-8(5)12-7(4-11)10-6/h1-4H. The molecule has 0 bridgehead atoms. The molecule has 2 nitrogen and oxygen atoms in total. The Morgan fingerprint density at radius 1 is 1.50 bits per heavy atom. The highest BCUT2D eigenvalue weighted by Gasteiger charge is 2.04. The fraction of sp³-hybridized carbons (Fsp3) is 0. The predicted molar refractivity (Wildman–Crippen MR) is 50.0 cm³/mol. The lowest BCUT2D eigenvalue weighted by Gasteiger charge is -1.87. The minimum atomic E-state index is 0.470. The number of hydrogen-bond donors (Lipinski definition) is 0. The molecule has 0 aliphatic rings. The van der Waals surface area contributed by atoms with Crippen molar-refractivity contribution in [2.75, 3.05) is 0 Å². The number of nitrogens with zero attached hydrogens (tertiary/aromatic N) is 1. The van der Waals surface area contributed by atoms with E-state index in [0.29, 0.717) is 10.0 Å². The van der Waals surface area contributed by atoms with E-state index in [2.05, 4.69) is 4.98 Å². The minimum Gasteiger partial charge on any atom is -0.295 e. The van der Waals surface area contributed by atoms with Gasteiger partial charge in [-0.15, -0.1) is 11.3 Å². The Balaban J connectivity index is 2.82. The number of halogens is 1. The second kappa shape index (κ2) is 2.84. The predicted octanol–water partition coefficient (Wildman–Crippen LogP) is 2.76. The van der Waals surface area contributed by atoms with Gasteiger partial charge in [-0.25, -0.2) is 4.98 Å². The van der Waals surface area contributed by atoms with E-state index in [1.165, 1.54) is 11.3 Å². The number of hydrogen-bond acceptors (Lipinski definition) is 3. The van der Waals surface area contributed by atoms with Crippen molar-refractivity contribution < 1.29 is 4.79 Å². The van der Waals surface area contributed by atoms with Crippen LogP contribution in [0.4, 0.5) is 0 Å². The van der Waals surface area contributed by atoms with Crippen molar-refractivity contribution in [1.29, 1.82) is 0 Å². The van der Waals surface area contributed by atoms with Crippen molar-refractivity contribution in [3.8, 4) is 0 Å². The molecule has 60 valence electrons. The summed E-state index contributed by atoms with van der Waals surface area (Å²) in [6, 6.07) is 5.44. The Hall–Kier alpha value is -0.930. The highest BCUT2D eigenvalue weighted by Crippen LogP contribution is 2.27. The number of rotatable bonds is 1. The van der Waals surface area contributed by atoms with Crippen LogP contribution in [0.15, 0.2) is 18.2 Å². The van der Waals surface area contributed by atoms with Crippen LogP contribution in [-0.2, 0) is 0 Å². The third-order valence-corrected chi connectivity index (χ3v) is 2.94. The summed E-state index contributed by atoms with van der Waals surface area (Å²) in [6.07, 6.45) is 0.737. The molecule has 1 heterocycles. The summed E-state index contributed by atoms with van der Waals surface area (Å²) in [5, 5.41) is 1.12. The number of carbonyl (C=O) groups is 1. The molecular formula is C8H4ClNOS. The van der Waals surface area contributed by atoms with E-state index >= 15 is 0 Å². The summed E-state index contributed by atoms with van der Waals surface area (Å²) in [6.45, 7) is 0. The molecule has 0 aliphatic carbocycles. The molecule has 0 saturated carbocycles. The van der Waals surface area contributed by atoms with Crippen molar-refractivity contribution in [2.45, 2.75) is 0 Å².